The number of esters is 1. The van der Waals surface area contributed by atoms with Crippen molar-refractivity contribution < 1.29 is 23.9 Å². The summed E-state index contributed by atoms with van der Waals surface area (Å²) in [5.41, 5.74) is -0.654. The van der Waals surface area contributed by atoms with Gasteiger partial charge in [-0.05, 0) is 33.6 Å². The van der Waals surface area contributed by atoms with Crippen molar-refractivity contribution in [3.05, 3.63) is 12.2 Å². The fourth-order valence-electron chi connectivity index (χ4n) is 1.53. The lowest BCUT2D eigenvalue weighted by Gasteiger charge is -2.25. The molecule has 0 aliphatic carbocycles. The average molecular weight is 328 g/mol. The smallest absolute Gasteiger partial charge is 0.408 e. The summed E-state index contributed by atoms with van der Waals surface area (Å²) < 4.78 is 10.00. The van der Waals surface area contributed by atoms with Gasteiger partial charge in [0.05, 0.1) is 0 Å². The average Bonchev–Trinajstić information content (AvgIpc) is 2.40. The lowest BCUT2D eigenvalue weighted by Crippen LogP contribution is -2.51. The number of ether oxygens (including phenoxy) is 2. The van der Waals surface area contributed by atoms with E-state index in [2.05, 4.69) is 10.6 Å². The highest BCUT2D eigenvalue weighted by Crippen LogP contribution is 2.08. The van der Waals surface area contributed by atoms with E-state index in [9.17, 15) is 14.4 Å². The summed E-state index contributed by atoms with van der Waals surface area (Å²) in [7, 11) is 0. The highest BCUT2D eigenvalue weighted by Gasteiger charge is 2.27. The number of carbonyl (C=O) groups excluding carboxylic acids is 3. The standard InChI is InChI=1S/C16H28N2O5/c1-7-8-9-22-12(19)10-17-14(20)13(11(2)3)18-15(21)23-16(4,5)6/h7-8,11,13H,9-10H2,1-6H3,(H,17,20)(H,18,21)/b8-7+/t13-/m0/s1. The molecule has 7 nitrogen and oxygen atoms in total. The third-order valence-corrected chi connectivity index (χ3v) is 2.60. The van der Waals surface area contributed by atoms with Crippen LogP contribution in [0.25, 0.3) is 0 Å². The first kappa shape index (κ1) is 20.9. The molecule has 0 aromatic carbocycles. The minimum absolute atomic E-state index is 0.162. The van der Waals surface area contributed by atoms with Crippen molar-refractivity contribution in [1.29, 1.82) is 0 Å². The molecule has 0 aromatic rings. The number of amides is 2. The molecular weight excluding hydrogens is 300 g/mol. The number of carbonyl (C=O) groups is 3. The van der Waals surface area contributed by atoms with Crippen molar-refractivity contribution in [3.63, 3.8) is 0 Å². The first-order valence-corrected chi connectivity index (χ1v) is 7.60. The molecule has 0 saturated heterocycles. The molecule has 0 radical (unpaired) electrons. The van der Waals surface area contributed by atoms with Crippen LogP contribution in [0.1, 0.15) is 41.5 Å². The van der Waals surface area contributed by atoms with Crippen LogP contribution < -0.4 is 10.6 Å². The van der Waals surface area contributed by atoms with Gasteiger partial charge in [0.25, 0.3) is 0 Å². The van der Waals surface area contributed by atoms with Gasteiger partial charge in [-0.15, -0.1) is 0 Å². The summed E-state index contributed by atoms with van der Waals surface area (Å²) in [6.45, 7) is 10.5. The van der Waals surface area contributed by atoms with Gasteiger partial charge in [0.2, 0.25) is 5.91 Å². The first-order chi connectivity index (χ1) is 10.6. The number of alkyl carbamates (subject to hydrolysis) is 1. The maximum atomic E-state index is 12.1. The largest absolute Gasteiger partial charge is 0.460 e. The normalized spacial score (nSPS) is 12.8. The molecule has 0 aliphatic rings. The third kappa shape index (κ3) is 10.3. The number of rotatable bonds is 7. The molecule has 0 bridgehead atoms. The lowest BCUT2D eigenvalue weighted by molar-refractivity contribution is -0.143. The molecule has 0 unspecified atom stereocenters. The summed E-state index contributed by atoms with van der Waals surface area (Å²) >= 11 is 0. The molecule has 7 heteroatoms. The maximum Gasteiger partial charge on any atom is 0.408 e. The van der Waals surface area contributed by atoms with Crippen LogP contribution in [0.2, 0.25) is 0 Å². The van der Waals surface area contributed by atoms with Crippen LogP contribution in [0.5, 0.6) is 0 Å². The first-order valence-electron chi connectivity index (χ1n) is 7.60. The molecule has 1 atom stereocenters. The minimum atomic E-state index is -0.798. The van der Waals surface area contributed by atoms with Crippen molar-refractivity contribution in [2.75, 3.05) is 13.2 Å². The van der Waals surface area contributed by atoms with Crippen molar-refractivity contribution >= 4 is 18.0 Å². The van der Waals surface area contributed by atoms with Gasteiger partial charge in [0.1, 0.15) is 24.8 Å². The topological polar surface area (TPSA) is 93.7 Å². The summed E-state index contributed by atoms with van der Waals surface area (Å²) in [4.78, 5) is 35.3. The van der Waals surface area contributed by atoms with E-state index < -0.39 is 29.6 Å². The van der Waals surface area contributed by atoms with Crippen molar-refractivity contribution in [1.82, 2.24) is 10.6 Å². The Kier molecular flexibility index (Phi) is 8.98. The Morgan fingerprint density at radius 3 is 2.26 bits per heavy atom. The van der Waals surface area contributed by atoms with Crippen molar-refractivity contribution in [2.24, 2.45) is 5.92 Å². The number of nitrogens with one attached hydrogen (secondary N) is 2. The maximum absolute atomic E-state index is 12.1. The summed E-state index contributed by atoms with van der Waals surface area (Å²) in [5.74, 6) is -1.17. The fraction of sp³-hybridized carbons (Fsp3) is 0.688. The second-order valence-electron chi connectivity index (χ2n) is 6.34. The minimum Gasteiger partial charge on any atom is -0.460 e. The predicted molar refractivity (Wildman–Crippen MR) is 86.8 cm³/mol. The van der Waals surface area contributed by atoms with E-state index in [1.54, 1.807) is 46.8 Å². The van der Waals surface area contributed by atoms with Crippen LogP contribution in [-0.4, -0.2) is 42.8 Å². The van der Waals surface area contributed by atoms with E-state index in [1.165, 1.54) is 0 Å². The molecule has 132 valence electrons. The highest BCUT2D eigenvalue weighted by atomic mass is 16.6. The predicted octanol–water partition coefficient (Wildman–Crippen LogP) is 1.77. The van der Waals surface area contributed by atoms with Gasteiger partial charge in [-0.3, -0.25) is 9.59 Å². The second-order valence-corrected chi connectivity index (χ2v) is 6.34. The van der Waals surface area contributed by atoms with Gasteiger partial charge in [0.15, 0.2) is 0 Å². The molecule has 0 spiro atoms. The van der Waals surface area contributed by atoms with Crippen molar-refractivity contribution in [2.45, 2.75) is 53.2 Å². The zero-order valence-electron chi connectivity index (χ0n) is 14.8. The molecule has 23 heavy (non-hydrogen) atoms. The van der Waals surface area contributed by atoms with E-state index in [0.29, 0.717) is 0 Å². The SMILES string of the molecule is C/C=C/COC(=O)CNC(=O)[C@@H](NC(=O)OC(C)(C)C)C(C)C. The van der Waals surface area contributed by atoms with Crippen LogP contribution in [0.15, 0.2) is 12.2 Å². The molecule has 2 amide bonds. The Labute approximate surface area is 137 Å². The molecule has 0 saturated carbocycles. The Hall–Kier alpha value is -2.05. The van der Waals surface area contributed by atoms with Gasteiger partial charge < -0.3 is 20.1 Å². The zero-order valence-corrected chi connectivity index (χ0v) is 14.8. The van der Waals surface area contributed by atoms with Gasteiger partial charge >= 0.3 is 12.1 Å². The quantitative estimate of drug-likeness (QED) is 0.549. The number of allylic oxidation sites excluding steroid dienone is 1. The Balaban J connectivity index is 4.46. The Bertz CT molecular complexity index is 438. The molecule has 0 fully saturated rings. The third-order valence-electron chi connectivity index (χ3n) is 2.60. The molecule has 2 N–H and O–H groups in total. The molecule has 0 aromatic heterocycles. The van der Waals surface area contributed by atoms with E-state index in [1.807, 2.05) is 6.92 Å². The highest BCUT2D eigenvalue weighted by molar-refractivity contribution is 5.88. The van der Waals surface area contributed by atoms with Crippen LogP contribution in [0, 0.1) is 5.92 Å². The van der Waals surface area contributed by atoms with Crippen LogP contribution in [0.3, 0.4) is 0 Å². The molecular formula is C16H28N2O5. The van der Waals surface area contributed by atoms with Crippen LogP contribution >= 0.6 is 0 Å². The van der Waals surface area contributed by atoms with Gasteiger partial charge in [-0.25, -0.2) is 4.79 Å². The van der Waals surface area contributed by atoms with Gasteiger partial charge in [0, 0.05) is 0 Å². The van der Waals surface area contributed by atoms with Gasteiger partial charge in [-0.2, -0.15) is 0 Å². The van der Waals surface area contributed by atoms with Crippen LogP contribution in [0.4, 0.5) is 4.79 Å². The summed E-state index contributed by atoms with van der Waals surface area (Å²) in [6, 6.07) is -0.798. The van der Waals surface area contributed by atoms with Crippen LogP contribution in [-0.2, 0) is 19.1 Å². The summed E-state index contributed by atoms with van der Waals surface area (Å²) in [5, 5.41) is 4.96. The second kappa shape index (κ2) is 9.86. The Morgan fingerprint density at radius 1 is 1.17 bits per heavy atom. The number of hydrogen-bond acceptors (Lipinski definition) is 5. The van der Waals surface area contributed by atoms with Gasteiger partial charge in [-0.1, -0.05) is 26.0 Å². The number of hydrogen-bond donors (Lipinski definition) is 2. The van der Waals surface area contributed by atoms with E-state index in [0.717, 1.165) is 0 Å². The molecule has 0 aliphatic heterocycles. The molecule has 0 heterocycles. The van der Waals surface area contributed by atoms with E-state index in [-0.39, 0.29) is 19.1 Å². The lowest BCUT2D eigenvalue weighted by atomic mass is 10.0. The summed E-state index contributed by atoms with van der Waals surface area (Å²) in [6.07, 6.45) is 2.76. The monoisotopic (exact) mass is 328 g/mol. The Morgan fingerprint density at radius 2 is 1.78 bits per heavy atom. The zero-order chi connectivity index (χ0) is 18.0. The van der Waals surface area contributed by atoms with Crippen molar-refractivity contribution in [3.8, 4) is 0 Å². The fourth-order valence-corrected chi connectivity index (χ4v) is 1.53. The molecule has 0 rings (SSSR count). The van der Waals surface area contributed by atoms with E-state index >= 15 is 0 Å². The van der Waals surface area contributed by atoms with E-state index in [4.69, 9.17) is 9.47 Å².